The summed E-state index contributed by atoms with van der Waals surface area (Å²) in [4.78, 5) is 0. The van der Waals surface area contributed by atoms with Crippen molar-refractivity contribution in [3.63, 3.8) is 0 Å². The standard InChI is InChI=1S/C29H48O.C2H6/c1-7-21(19(2)3)9-8-20(4)25-12-13-26-24-11-10-22-18-23(30)14-16-28(22,5)27(24)15-17-29(25,26)6;1-2/h8-10,19-21,23-27,30H,7,11-18H2,1-6H3;1-2H3/b9-8+;/t20-,21-,23?,24?,25-,26+,27+,28+,29-;/m1./s1. The normalized spacial score (nSPS) is 42.9. The SMILES string of the molecule is CC.CC[C@H](/C=C/[C@@H](C)[C@H]1CC[C@H]2C3CC=C4CC(O)CC[C@]4(C)[C@H]3CC[C@]12C)C(C)C. The van der Waals surface area contributed by atoms with Gasteiger partial charge < -0.3 is 5.11 Å². The highest BCUT2D eigenvalue weighted by Crippen LogP contribution is 2.67. The first-order valence-corrected chi connectivity index (χ1v) is 14.3. The number of aliphatic hydroxyl groups is 1. The Morgan fingerprint density at radius 2 is 1.72 bits per heavy atom. The predicted octanol–water partition coefficient (Wildman–Crippen LogP) is 8.83. The minimum atomic E-state index is -0.0870. The van der Waals surface area contributed by atoms with Crippen LogP contribution in [0.5, 0.6) is 0 Å². The third kappa shape index (κ3) is 4.54. The lowest BCUT2D eigenvalue weighted by Crippen LogP contribution is -2.50. The van der Waals surface area contributed by atoms with Gasteiger partial charge in [-0.25, -0.2) is 0 Å². The number of hydrogen-bond donors (Lipinski definition) is 1. The van der Waals surface area contributed by atoms with Gasteiger partial charge in [0.1, 0.15) is 0 Å². The van der Waals surface area contributed by atoms with Gasteiger partial charge in [0.05, 0.1) is 6.10 Å². The second kappa shape index (κ2) is 10.4. The fraction of sp³-hybridized carbons (Fsp3) is 0.871. The van der Waals surface area contributed by atoms with E-state index in [9.17, 15) is 5.11 Å². The Hall–Kier alpha value is -0.560. The zero-order chi connectivity index (χ0) is 23.7. The maximum atomic E-state index is 10.2. The molecule has 184 valence electrons. The average molecular weight is 443 g/mol. The van der Waals surface area contributed by atoms with E-state index in [4.69, 9.17) is 0 Å². The monoisotopic (exact) mass is 442 g/mol. The number of aliphatic hydroxyl groups excluding tert-OH is 1. The minimum Gasteiger partial charge on any atom is -0.393 e. The van der Waals surface area contributed by atoms with Crippen molar-refractivity contribution in [2.75, 3.05) is 0 Å². The van der Waals surface area contributed by atoms with Crippen molar-refractivity contribution in [3.05, 3.63) is 23.8 Å². The van der Waals surface area contributed by atoms with Gasteiger partial charge in [-0.15, -0.1) is 0 Å². The quantitative estimate of drug-likeness (QED) is 0.422. The maximum absolute atomic E-state index is 10.2. The van der Waals surface area contributed by atoms with Crippen molar-refractivity contribution in [1.82, 2.24) is 0 Å². The molecule has 0 spiro atoms. The van der Waals surface area contributed by atoms with E-state index < -0.39 is 0 Å². The van der Waals surface area contributed by atoms with E-state index >= 15 is 0 Å². The Labute approximate surface area is 200 Å². The number of rotatable bonds is 5. The molecule has 3 saturated carbocycles. The van der Waals surface area contributed by atoms with Gasteiger partial charge in [-0.1, -0.05) is 79.2 Å². The lowest BCUT2D eigenvalue weighted by Gasteiger charge is -2.58. The van der Waals surface area contributed by atoms with Crippen molar-refractivity contribution < 1.29 is 5.11 Å². The van der Waals surface area contributed by atoms with Crippen LogP contribution in [-0.4, -0.2) is 11.2 Å². The lowest BCUT2D eigenvalue weighted by atomic mass is 9.47. The minimum absolute atomic E-state index is 0.0870. The molecule has 4 aliphatic carbocycles. The van der Waals surface area contributed by atoms with Crippen LogP contribution in [0.1, 0.15) is 113 Å². The first kappa shape index (κ1) is 26.1. The van der Waals surface area contributed by atoms with Crippen molar-refractivity contribution in [3.8, 4) is 0 Å². The van der Waals surface area contributed by atoms with Crippen molar-refractivity contribution in [1.29, 1.82) is 0 Å². The Kier molecular flexibility index (Phi) is 8.44. The molecule has 0 aromatic rings. The molecule has 4 aliphatic rings. The Morgan fingerprint density at radius 1 is 1.00 bits per heavy atom. The van der Waals surface area contributed by atoms with E-state index in [1.54, 1.807) is 5.57 Å². The second-order valence-corrected chi connectivity index (χ2v) is 12.4. The van der Waals surface area contributed by atoms with Crippen LogP contribution >= 0.6 is 0 Å². The highest BCUT2D eigenvalue weighted by Gasteiger charge is 2.58. The lowest BCUT2D eigenvalue weighted by molar-refractivity contribution is -0.0540. The molecule has 3 fully saturated rings. The molecule has 0 aromatic carbocycles. The van der Waals surface area contributed by atoms with Gasteiger partial charge in [0.25, 0.3) is 0 Å². The van der Waals surface area contributed by atoms with Crippen LogP contribution in [0.25, 0.3) is 0 Å². The third-order valence-corrected chi connectivity index (χ3v) is 10.8. The molecule has 1 N–H and O–H groups in total. The fourth-order valence-electron chi connectivity index (χ4n) is 8.83. The first-order chi connectivity index (χ1) is 15.2. The van der Waals surface area contributed by atoms with Gasteiger partial charge >= 0.3 is 0 Å². The summed E-state index contributed by atoms with van der Waals surface area (Å²) < 4.78 is 0. The van der Waals surface area contributed by atoms with E-state index in [1.165, 1.54) is 44.9 Å². The predicted molar refractivity (Wildman–Crippen MR) is 139 cm³/mol. The molecule has 4 rings (SSSR count). The molecule has 2 unspecified atom stereocenters. The van der Waals surface area contributed by atoms with Crippen LogP contribution in [0.3, 0.4) is 0 Å². The zero-order valence-electron chi connectivity index (χ0n) is 22.7. The number of hydrogen-bond acceptors (Lipinski definition) is 1. The fourth-order valence-corrected chi connectivity index (χ4v) is 8.83. The molecule has 1 heteroatoms. The third-order valence-electron chi connectivity index (χ3n) is 10.8. The van der Waals surface area contributed by atoms with Gasteiger partial charge in [0, 0.05) is 0 Å². The molecule has 9 atom stereocenters. The topological polar surface area (TPSA) is 20.2 Å². The molecule has 0 amide bonds. The average Bonchev–Trinajstić information content (AvgIpc) is 3.13. The molecule has 0 aromatic heterocycles. The van der Waals surface area contributed by atoms with Crippen LogP contribution in [0.15, 0.2) is 23.8 Å². The maximum Gasteiger partial charge on any atom is 0.0577 e. The van der Waals surface area contributed by atoms with Gasteiger partial charge in [-0.2, -0.15) is 0 Å². The van der Waals surface area contributed by atoms with Crippen LogP contribution in [0.4, 0.5) is 0 Å². The summed E-state index contributed by atoms with van der Waals surface area (Å²) in [6, 6.07) is 0. The Morgan fingerprint density at radius 3 is 2.38 bits per heavy atom. The summed E-state index contributed by atoms with van der Waals surface area (Å²) >= 11 is 0. The summed E-state index contributed by atoms with van der Waals surface area (Å²) in [7, 11) is 0. The molecule has 0 heterocycles. The molecular weight excluding hydrogens is 388 g/mol. The van der Waals surface area contributed by atoms with Crippen molar-refractivity contribution >= 4 is 0 Å². The molecular formula is C31H54O. The molecule has 0 radical (unpaired) electrons. The Balaban J connectivity index is 0.00000141. The van der Waals surface area contributed by atoms with Crippen molar-refractivity contribution in [2.24, 2.45) is 52.3 Å². The van der Waals surface area contributed by atoms with Crippen LogP contribution in [0, 0.1) is 52.3 Å². The Bertz CT molecular complexity index is 674. The summed E-state index contributed by atoms with van der Waals surface area (Å²) in [6.07, 6.45) is 19.1. The van der Waals surface area contributed by atoms with Gasteiger partial charge in [0.15, 0.2) is 0 Å². The van der Waals surface area contributed by atoms with E-state index in [2.05, 4.69) is 59.8 Å². The number of fused-ring (bicyclic) bond motifs is 5. The smallest absolute Gasteiger partial charge is 0.0577 e. The largest absolute Gasteiger partial charge is 0.393 e. The summed E-state index contributed by atoms with van der Waals surface area (Å²) in [5, 5.41) is 10.2. The molecule has 32 heavy (non-hydrogen) atoms. The number of allylic oxidation sites excluding steroid dienone is 3. The van der Waals surface area contributed by atoms with Gasteiger partial charge in [-0.3, -0.25) is 0 Å². The van der Waals surface area contributed by atoms with E-state index in [-0.39, 0.29) is 6.10 Å². The molecule has 0 aliphatic heterocycles. The van der Waals surface area contributed by atoms with Crippen LogP contribution in [-0.2, 0) is 0 Å². The molecule has 1 nitrogen and oxygen atoms in total. The van der Waals surface area contributed by atoms with Gasteiger partial charge in [-0.05, 0) is 110 Å². The first-order valence-electron chi connectivity index (χ1n) is 14.3. The van der Waals surface area contributed by atoms with Crippen LogP contribution < -0.4 is 0 Å². The van der Waals surface area contributed by atoms with Gasteiger partial charge in [0.2, 0.25) is 0 Å². The highest BCUT2D eigenvalue weighted by atomic mass is 16.3. The summed E-state index contributed by atoms with van der Waals surface area (Å²) in [6.45, 7) is 18.8. The highest BCUT2D eigenvalue weighted by molar-refractivity contribution is 5.25. The zero-order valence-corrected chi connectivity index (χ0v) is 22.7. The summed E-state index contributed by atoms with van der Waals surface area (Å²) in [5.41, 5.74) is 2.51. The summed E-state index contributed by atoms with van der Waals surface area (Å²) in [5.74, 6) is 5.70. The van der Waals surface area contributed by atoms with Crippen molar-refractivity contribution in [2.45, 2.75) is 119 Å². The van der Waals surface area contributed by atoms with E-state index in [0.717, 1.165) is 48.3 Å². The van der Waals surface area contributed by atoms with E-state index in [1.807, 2.05) is 13.8 Å². The van der Waals surface area contributed by atoms with E-state index in [0.29, 0.717) is 16.7 Å². The molecule has 0 saturated heterocycles. The second-order valence-electron chi connectivity index (χ2n) is 12.4. The van der Waals surface area contributed by atoms with Crippen LogP contribution in [0.2, 0.25) is 0 Å². The molecule has 0 bridgehead atoms.